The van der Waals surface area contributed by atoms with Gasteiger partial charge in [0.05, 0.1) is 11.6 Å². The summed E-state index contributed by atoms with van der Waals surface area (Å²) in [6, 6.07) is 11.5. The molecule has 0 aliphatic heterocycles. The Morgan fingerprint density at radius 1 is 1.27 bits per heavy atom. The molecule has 2 atom stereocenters. The van der Waals surface area contributed by atoms with Crippen molar-refractivity contribution < 1.29 is 19.1 Å². The Hall–Kier alpha value is -2.34. The molecule has 4 nitrogen and oxygen atoms in total. The molecule has 0 bridgehead atoms. The van der Waals surface area contributed by atoms with Gasteiger partial charge in [0.1, 0.15) is 11.1 Å². The van der Waals surface area contributed by atoms with Gasteiger partial charge in [0, 0.05) is 4.90 Å². The van der Waals surface area contributed by atoms with Crippen LogP contribution in [-0.4, -0.2) is 22.2 Å². The van der Waals surface area contributed by atoms with Gasteiger partial charge >= 0.3 is 5.97 Å². The van der Waals surface area contributed by atoms with Gasteiger partial charge < -0.3 is 10.4 Å². The molecule has 0 spiro atoms. The van der Waals surface area contributed by atoms with Crippen LogP contribution in [0.3, 0.4) is 0 Å². The monoisotopic (exact) mass is 373 g/mol. The summed E-state index contributed by atoms with van der Waals surface area (Å²) >= 11 is 1.15. The number of benzene rings is 2. The number of nitrogens with one attached hydrogen (secondary N) is 1. The van der Waals surface area contributed by atoms with Crippen LogP contribution in [0.4, 0.5) is 4.39 Å². The number of thioether (sulfide) groups is 1. The number of fused-ring (bicyclic) bond motifs is 1. The Balaban J connectivity index is 1.81. The van der Waals surface area contributed by atoms with Crippen LogP contribution in [-0.2, 0) is 11.2 Å². The predicted molar refractivity (Wildman–Crippen MR) is 98.9 cm³/mol. The number of carbonyl (C=O) groups excluding carboxylic acids is 1. The third-order valence-corrected chi connectivity index (χ3v) is 5.67. The second kappa shape index (κ2) is 7.91. The molecular formula is C20H20FNO3S. The van der Waals surface area contributed by atoms with E-state index in [1.165, 1.54) is 12.1 Å². The predicted octanol–water partition coefficient (Wildman–Crippen LogP) is 4.20. The second-order valence-corrected chi connectivity index (χ2v) is 7.74. The Morgan fingerprint density at radius 3 is 2.81 bits per heavy atom. The molecule has 1 aliphatic carbocycles. The average Bonchev–Trinajstić information content (AvgIpc) is 2.62. The molecule has 26 heavy (non-hydrogen) atoms. The van der Waals surface area contributed by atoms with E-state index in [4.69, 9.17) is 5.11 Å². The van der Waals surface area contributed by atoms with Gasteiger partial charge in [0.25, 0.3) is 5.91 Å². The molecule has 1 aliphatic rings. The van der Waals surface area contributed by atoms with Crippen molar-refractivity contribution in [1.29, 1.82) is 0 Å². The maximum absolute atomic E-state index is 13.5. The van der Waals surface area contributed by atoms with Crippen LogP contribution >= 0.6 is 11.8 Å². The Bertz CT molecular complexity index is 840. The Kier molecular flexibility index (Phi) is 5.61. The summed E-state index contributed by atoms with van der Waals surface area (Å²) in [5.41, 5.74) is 2.35. The Labute approximate surface area is 155 Å². The van der Waals surface area contributed by atoms with Crippen LogP contribution in [0.2, 0.25) is 0 Å². The third kappa shape index (κ3) is 4.07. The van der Waals surface area contributed by atoms with Crippen molar-refractivity contribution in [2.24, 2.45) is 0 Å². The van der Waals surface area contributed by atoms with E-state index >= 15 is 0 Å². The summed E-state index contributed by atoms with van der Waals surface area (Å²) < 4.78 is 13.5. The zero-order valence-corrected chi connectivity index (χ0v) is 15.2. The van der Waals surface area contributed by atoms with Crippen molar-refractivity contribution in [3.05, 3.63) is 65.0 Å². The topological polar surface area (TPSA) is 66.4 Å². The summed E-state index contributed by atoms with van der Waals surface area (Å²) in [5.74, 6) is -1.43. The molecule has 136 valence electrons. The summed E-state index contributed by atoms with van der Waals surface area (Å²) in [6.07, 6.45) is 2.49. The molecule has 2 unspecified atom stereocenters. The Morgan fingerprint density at radius 2 is 2.04 bits per heavy atom. The summed E-state index contributed by atoms with van der Waals surface area (Å²) in [7, 11) is 0. The lowest BCUT2D eigenvalue weighted by Gasteiger charge is -2.27. The molecule has 1 amide bonds. The highest BCUT2D eigenvalue weighted by molar-refractivity contribution is 8.00. The van der Waals surface area contributed by atoms with Crippen LogP contribution in [0, 0.1) is 5.82 Å². The highest BCUT2D eigenvalue weighted by Gasteiger charge is 2.24. The van der Waals surface area contributed by atoms with Crippen LogP contribution < -0.4 is 5.32 Å². The number of halogens is 1. The van der Waals surface area contributed by atoms with Gasteiger partial charge in [-0.05, 0) is 61.6 Å². The molecule has 0 saturated heterocycles. The number of carbonyl (C=O) groups is 2. The lowest BCUT2D eigenvalue weighted by molar-refractivity contribution is -0.136. The first-order valence-electron chi connectivity index (χ1n) is 8.53. The van der Waals surface area contributed by atoms with E-state index in [2.05, 4.69) is 5.32 Å². The van der Waals surface area contributed by atoms with E-state index in [9.17, 15) is 14.0 Å². The largest absolute Gasteiger partial charge is 0.480 e. The number of rotatable bonds is 5. The fourth-order valence-electron chi connectivity index (χ4n) is 3.17. The van der Waals surface area contributed by atoms with Crippen LogP contribution in [0.1, 0.15) is 47.3 Å². The van der Waals surface area contributed by atoms with Gasteiger partial charge in [-0.15, -0.1) is 11.8 Å². The minimum atomic E-state index is -0.923. The lowest BCUT2D eigenvalue weighted by Crippen LogP contribution is -2.31. The maximum Gasteiger partial charge on any atom is 0.316 e. The maximum atomic E-state index is 13.5. The van der Waals surface area contributed by atoms with Crippen molar-refractivity contribution >= 4 is 23.6 Å². The van der Waals surface area contributed by atoms with E-state index in [-0.39, 0.29) is 17.8 Å². The van der Waals surface area contributed by atoms with E-state index in [1.54, 1.807) is 37.3 Å². The lowest BCUT2D eigenvalue weighted by atomic mass is 9.87. The van der Waals surface area contributed by atoms with Crippen LogP contribution in [0.15, 0.2) is 47.4 Å². The fourth-order valence-corrected chi connectivity index (χ4v) is 4.09. The molecule has 0 heterocycles. The van der Waals surface area contributed by atoms with Crippen molar-refractivity contribution in [1.82, 2.24) is 5.32 Å². The molecule has 0 aromatic heterocycles. The SMILES string of the molecule is CC(Sc1ccccc1C(=O)NC1CCCc2cc(F)ccc21)C(=O)O. The first kappa shape index (κ1) is 18.5. The summed E-state index contributed by atoms with van der Waals surface area (Å²) in [4.78, 5) is 24.6. The first-order chi connectivity index (χ1) is 12.5. The zero-order valence-electron chi connectivity index (χ0n) is 14.4. The van der Waals surface area contributed by atoms with Gasteiger partial charge in [-0.1, -0.05) is 18.2 Å². The van der Waals surface area contributed by atoms with E-state index < -0.39 is 11.2 Å². The van der Waals surface area contributed by atoms with Crippen LogP contribution in [0.25, 0.3) is 0 Å². The van der Waals surface area contributed by atoms with Gasteiger partial charge in [-0.2, -0.15) is 0 Å². The summed E-state index contributed by atoms with van der Waals surface area (Å²) in [5, 5.41) is 11.5. The molecule has 2 aromatic carbocycles. The molecule has 0 radical (unpaired) electrons. The number of amides is 1. The molecular weight excluding hydrogens is 353 g/mol. The first-order valence-corrected chi connectivity index (χ1v) is 9.41. The van der Waals surface area contributed by atoms with E-state index in [0.29, 0.717) is 10.5 Å². The smallest absolute Gasteiger partial charge is 0.316 e. The minimum absolute atomic E-state index is 0.165. The molecule has 2 aromatic rings. The summed E-state index contributed by atoms with van der Waals surface area (Å²) in [6.45, 7) is 1.59. The number of aliphatic carboxylic acids is 1. The number of carboxylic acids is 1. The number of carboxylic acid groups (broad SMARTS) is 1. The highest BCUT2D eigenvalue weighted by atomic mass is 32.2. The van der Waals surface area contributed by atoms with Crippen molar-refractivity contribution in [2.45, 2.75) is 42.4 Å². The number of hydrogen-bond donors (Lipinski definition) is 2. The van der Waals surface area contributed by atoms with Crippen LogP contribution in [0.5, 0.6) is 0 Å². The van der Waals surface area contributed by atoms with E-state index in [0.717, 1.165) is 42.2 Å². The fraction of sp³-hybridized carbons (Fsp3) is 0.300. The normalized spacial score (nSPS) is 17.2. The van der Waals surface area contributed by atoms with Gasteiger partial charge in [-0.3, -0.25) is 9.59 Å². The third-order valence-electron chi connectivity index (χ3n) is 4.51. The quantitative estimate of drug-likeness (QED) is 0.771. The number of hydrogen-bond acceptors (Lipinski definition) is 3. The highest BCUT2D eigenvalue weighted by Crippen LogP contribution is 2.32. The van der Waals surface area contributed by atoms with E-state index in [1.807, 2.05) is 0 Å². The standard InChI is InChI=1S/C20H20FNO3S/c1-12(20(24)25)26-18-8-3-2-6-16(18)19(23)22-17-7-4-5-13-11-14(21)9-10-15(13)17/h2-3,6,8-12,17H,4-5,7H2,1H3,(H,22,23)(H,24,25). The zero-order chi connectivity index (χ0) is 18.7. The van der Waals surface area contributed by atoms with Crippen molar-refractivity contribution in [2.75, 3.05) is 0 Å². The second-order valence-electron chi connectivity index (χ2n) is 6.36. The number of aryl methyl sites for hydroxylation is 1. The van der Waals surface area contributed by atoms with Crippen molar-refractivity contribution in [3.63, 3.8) is 0 Å². The van der Waals surface area contributed by atoms with Gasteiger partial charge in [0.15, 0.2) is 0 Å². The van der Waals surface area contributed by atoms with Gasteiger partial charge in [-0.25, -0.2) is 4.39 Å². The molecule has 0 fully saturated rings. The molecule has 2 N–H and O–H groups in total. The molecule has 3 rings (SSSR count). The molecule has 6 heteroatoms. The van der Waals surface area contributed by atoms with Gasteiger partial charge in [0.2, 0.25) is 0 Å². The molecule has 0 saturated carbocycles. The average molecular weight is 373 g/mol. The van der Waals surface area contributed by atoms with Crippen molar-refractivity contribution in [3.8, 4) is 0 Å². The minimum Gasteiger partial charge on any atom is -0.480 e.